The number of thioether (sulfide) groups is 1. The Kier molecular flexibility index (Phi) is 6.55. The van der Waals surface area contributed by atoms with Crippen molar-refractivity contribution in [3.8, 4) is 0 Å². The predicted molar refractivity (Wildman–Crippen MR) is 107 cm³/mol. The van der Waals surface area contributed by atoms with Gasteiger partial charge in [0.2, 0.25) is 11.8 Å². The molecular weight excluding hydrogens is 362 g/mol. The molecule has 6 nitrogen and oxygen atoms in total. The van der Waals surface area contributed by atoms with Gasteiger partial charge in [-0.3, -0.25) is 9.59 Å². The highest BCUT2D eigenvalue weighted by molar-refractivity contribution is 8.00. The molecule has 0 bridgehead atoms. The third kappa shape index (κ3) is 5.60. The second-order valence-electron chi connectivity index (χ2n) is 6.92. The van der Waals surface area contributed by atoms with Crippen molar-refractivity contribution in [1.29, 1.82) is 0 Å². The van der Waals surface area contributed by atoms with Crippen LogP contribution in [0.4, 0.5) is 11.5 Å². The third-order valence-corrected chi connectivity index (χ3v) is 5.73. The number of carbonyl (C=O) groups excluding carboxylic acids is 2. The summed E-state index contributed by atoms with van der Waals surface area (Å²) >= 11 is 1.43. The van der Waals surface area contributed by atoms with Crippen LogP contribution in [0.25, 0.3) is 0 Å². The van der Waals surface area contributed by atoms with Crippen LogP contribution >= 0.6 is 11.8 Å². The number of nitrogens with one attached hydrogen (secondary N) is 2. The molecule has 1 aliphatic rings. The SMILES string of the molecule is Cc1cc(NC(=O)C(C)Sc2cccc(NC(=O)C3CCCCC3)c2)no1. The van der Waals surface area contributed by atoms with Crippen molar-refractivity contribution in [2.24, 2.45) is 5.92 Å². The number of rotatable bonds is 6. The zero-order chi connectivity index (χ0) is 19.2. The highest BCUT2D eigenvalue weighted by atomic mass is 32.2. The van der Waals surface area contributed by atoms with Crippen molar-refractivity contribution in [2.45, 2.75) is 56.1 Å². The second kappa shape index (κ2) is 9.08. The van der Waals surface area contributed by atoms with Crippen molar-refractivity contribution >= 4 is 35.1 Å². The maximum absolute atomic E-state index is 12.4. The van der Waals surface area contributed by atoms with Crippen LogP contribution in [-0.2, 0) is 9.59 Å². The van der Waals surface area contributed by atoms with Crippen LogP contribution in [0, 0.1) is 12.8 Å². The number of aromatic nitrogens is 1. The first-order valence-electron chi connectivity index (χ1n) is 9.33. The fraction of sp³-hybridized carbons (Fsp3) is 0.450. The van der Waals surface area contributed by atoms with Gasteiger partial charge >= 0.3 is 0 Å². The van der Waals surface area contributed by atoms with Crippen LogP contribution in [0.1, 0.15) is 44.8 Å². The van der Waals surface area contributed by atoms with Crippen LogP contribution in [0.15, 0.2) is 39.8 Å². The van der Waals surface area contributed by atoms with Gasteiger partial charge in [0.15, 0.2) is 5.82 Å². The highest BCUT2D eigenvalue weighted by Gasteiger charge is 2.21. The summed E-state index contributed by atoms with van der Waals surface area (Å²) in [6, 6.07) is 9.30. The number of carbonyl (C=O) groups is 2. The van der Waals surface area contributed by atoms with E-state index in [2.05, 4.69) is 15.8 Å². The summed E-state index contributed by atoms with van der Waals surface area (Å²) < 4.78 is 4.95. The van der Waals surface area contributed by atoms with Crippen LogP contribution in [0.3, 0.4) is 0 Å². The first-order valence-corrected chi connectivity index (χ1v) is 10.2. The Labute approximate surface area is 163 Å². The first kappa shape index (κ1) is 19.5. The molecule has 0 saturated heterocycles. The number of aryl methyl sites for hydroxylation is 1. The number of amides is 2. The van der Waals surface area contributed by atoms with Gasteiger partial charge < -0.3 is 15.2 Å². The van der Waals surface area contributed by atoms with Crippen LogP contribution < -0.4 is 10.6 Å². The Morgan fingerprint density at radius 2 is 1.96 bits per heavy atom. The fourth-order valence-corrected chi connectivity index (χ4v) is 4.09. The number of hydrogen-bond donors (Lipinski definition) is 2. The van der Waals surface area contributed by atoms with E-state index in [1.54, 1.807) is 13.0 Å². The van der Waals surface area contributed by atoms with E-state index in [0.717, 1.165) is 36.3 Å². The lowest BCUT2D eigenvalue weighted by molar-refractivity contribution is -0.120. The molecule has 0 aliphatic heterocycles. The Morgan fingerprint density at radius 1 is 1.19 bits per heavy atom. The lowest BCUT2D eigenvalue weighted by atomic mass is 9.88. The molecule has 1 aliphatic carbocycles. The molecule has 1 aromatic heterocycles. The molecule has 2 N–H and O–H groups in total. The van der Waals surface area contributed by atoms with E-state index in [1.807, 2.05) is 31.2 Å². The first-order chi connectivity index (χ1) is 13.0. The van der Waals surface area contributed by atoms with Gasteiger partial charge in [0.25, 0.3) is 0 Å². The average molecular weight is 388 g/mol. The van der Waals surface area contributed by atoms with Crippen LogP contribution in [-0.4, -0.2) is 22.2 Å². The van der Waals surface area contributed by atoms with Crippen LogP contribution in [0.2, 0.25) is 0 Å². The Bertz CT molecular complexity index is 799. The Morgan fingerprint density at radius 3 is 2.67 bits per heavy atom. The van der Waals surface area contributed by atoms with E-state index >= 15 is 0 Å². The molecule has 1 heterocycles. The van der Waals surface area contributed by atoms with Crippen molar-refractivity contribution in [2.75, 3.05) is 10.6 Å². The molecule has 2 aromatic rings. The number of benzene rings is 1. The normalized spacial score (nSPS) is 15.9. The molecule has 27 heavy (non-hydrogen) atoms. The van der Waals surface area contributed by atoms with E-state index in [-0.39, 0.29) is 23.0 Å². The highest BCUT2D eigenvalue weighted by Crippen LogP contribution is 2.28. The minimum absolute atomic E-state index is 0.101. The van der Waals surface area contributed by atoms with E-state index < -0.39 is 0 Å². The number of anilines is 2. The summed E-state index contributed by atoms with van der Waals surface area (Å²) in [5, 5.41) is 9.22. The Balaban J connectivity index is 1.56. The summed E-state index contributed by atoms with van der Waals surface area (Å²) in [4.78, 5) is 25.7. The van der Waals surface area contributed by atoms with Gasteiger partial charge in [-0.1, -0.05) is 30.5 Å². The Hall–Kier alpha value is -2.28. The molecule has 7 heteroatoms. The average Bonchev–Trinajstić information content (AvgIpc) is 3.07. The van der Waals surface area contributed by atoms with Crippen molar-refractivity contribution in [1.82, 2.24) is 5.16 Å². The third-order valence-electron chi connectivity index (χ3n) is 4.64. The molecule has 1 fully saturated rings. The molecule has 1 aromatic carbocycles. The van der Waals surface area contributed by atoms with Gasteiger partial charge in [0, 0.05) is 22.6 Å². The maximum Gasteiger partial charge on any atom is 0.238 e. The molecular formula is C20H25N3O3S. The monoisotopic (exact) mass is 387 g/mol. The zero-order valence-electron chi connectivity index (χ0n) is 15.7. The summed E-state index contributed by atoms with van der Waals surface area (Å²) in [6.45, 7) is 3.61. The van der Waals surface area contributed by atoms with Crippen molar-refractivity contribution in [3.05, 3.63) is 36.1 Å². The minimum Gasteiger partial charge on any atom is -0.360 e. The quantitative estimate of drug-likeness (QED) is 0.707. The molecule has 1 saturated carbocycles. The number of nitrogens with zero attached hydrogens (tertiary/aromatic N) is 1. The zero-order valence-corrected chi connectivity index (χ0v) is 16.5. The lowest BCUT2D eigenvalue weighted by Crippen LogP contribution is -2.24. The maximum atomic E-state index is 12.4. The van der Waals surface area contributed by atoms with Gasteiger partial charge in [0.1, 0.15) is 5.76 Å². The largest absolute Gasteiger partial charge is 0.360 e. The smallest absolute Gasteiger partial charge is 0.238 e. The summed E-state index contributed by atoms with van der Waals surface area (Å²) in [5.74, 6) is 1.13. The van der Waals surface area contributed by atoms with Crippen LogP contribution in [0.5, 0.6) is 0 Å². The van der Waals surface area contributed by atoms with Gasteiger partial charge in [-0.05, 0) is 44.9 Å². The molecule has 2 amide bonds. The topological polar surface area (TPSA) is 84.2 Å². The fourth-order valence-electron chi connectivity index (χ4n) is 3.17. The lowest BCUT2D eigenvalue weighted by Gasteiger charge is -2.21. The molecule has 0 radical (unpaired) electrons. The standard InChI is InChI=1S/C20H25N3O3S/c1-13-11-18(23-26-13)22-19(24)14(2)27-17-10-6-9-16(12-17)21-20(25)15-7-4-3-5-8-15/h6,9-12,14-15H,3-5,7-8H2,1-2H3,(H,21,25)(H,22,23,24). The summed E-state index contributed by atoms with van der Waals surface area (Å²) in [6.07, 6.45) is 5.43. The molecule has 1 unspecified atom stereocenters. The van der Waals surface area contributed by atoms with Gasteiger partial charge in [-0.2, -0.15) is 0 Å². The van der Waals surface area contributed by atoms with Crippen molar-refractivity contribution in [3.63, 3.8) is 0 Å². The van der Waals surface area contributed by atoms with Crippen molar-refractivity contribution < 1.29 is 14.1 Å². The van der Waals surface area contributed by atoms with E-state index in [9.17, 15) is 9.59 Å². The van der Waals surface area contributed by atoms with Gasteiger partial charge in [-0.25, -0.2) is 0 Å². The molecule has 144 valence electrons. The molecule has 1 atom stereocenters. The summed E-state index contributed by atoms with van der Waals surface area (Å²) in [5.41, 5.74) is 0.773. The molecule has 0 spiro atoms. The van der Waals surface area contributed by atoms with E-state index in [4.69, 9.17) is 4.52 Å². The van der Waals surface area contributed by atoms with E-state index in [1.165, 1.54) is 18.2 Å². The summed E-state index contributed by atoms with van der Waals surface area (Å²) in [7, 11) is 0. The van der Waals surface area contributed by atoms with Gasteiger partial charge in [0.05, 0.1) is 5.25 Å². The number of hydrogen-bond acceptors (Lipinski definition) is 5. The predicted octanol–water partition coefficient (Wildman–Crippen LogP) is 4.62. The minimum atomic E-state index is -0.314. The molecule has 3 rings (SSSR count). The van der Waals surface area contributed by atoms with E-state index in [0.29, 0.717) is 11.6 Å². The van der Waals surface area contributed by atoms with Gasteiger partial charge in [-0.15, -0.1) is 11.8 Å². The second-order valence-corrected chi connectivity index (χ2v) is 8.34.